The van der Waals surface area contributed by atoms with Gasteiger partial charge in [-0.1, -0.05) is 24.3 Å². The molecule has 0 aliphatic carbocycles. The lowest BCUT2D eigenvalue weighted by Gasteiger charge is -2.37. The molecule has 1 aromatic carbocycles. The molecule has 4 nitrogen and oxygen atoms in total. The molecule has 0 saturated carbocycles. The van der Waals surface area contributed by atoms with Crippen LogP contribution in [0.5, 0.6) is 0 Å². The third-order valence-corrected chi connectivity index (χ3v) is 5.69. The van der Waals surface area contributed by atoms with E-state index in [1.165, 1.54) is 23.4 Å². The zero-order valence-electron chi connectivity index (χ0n) is 15.5. The highest BCUT2D eigenvalue weighted by molar-refractivity contribution is 5.79. The van der Waals surface area contributed by atoms with Crippen molar-refractivity contribution in [2.75, 3.05) is 24.5 Å². The number of carbonyl (C=O) groups is 1. The van der Waals surface area contributed by atoms with Gasteiger partial charge in [0.1, 0.15) is 5.69 Å². The van der Waals surface area contributed by atoms with E-state index in [4.69, 9.17) is 0 Å². The van der Waals surface area contributed by atoms with Crippen LogP contribution < -0.4 is 4.90 Å². The summed E-state index contributed by atoms with van der Waals surface area (Å²) in [6.07, 6.45) is -0.856. The highest BCUT2D eigenvalue weighted by Crippen LogP contribution is 2.30. The maximum absolute atomic E-state index is 12.9. The van der Waals surface area contributed by atoms with E-state index >= 15 is 0 Å². The highest BCUT2D eigenvalue weighted by Gasteiger charge is 2.33. The van der Waals surface area contributed by atoms with Gasteiger partial charge in [0.05, 0.1) is 11.9 Å². The zero-order valence-corrected chi connectivity index (χ0v) is 15.5. The second kappa shape index (κ2) is 7.45. The summed E-state index contributed by atoms with van der Waals surface area (Å²) >= 11 is 0. The average molecular weight is 389 g/mol. The largest absolute Gasteiger partial charge is 0.433 e. The second-order valence-electron chi connectivity index (χ2n) is 7.44. The predicted octanol–water partition coefficient (Wildman–Crippen LogP) is 3.90. The quantitative estimate of drug-likeness (QED) is 0.782. The van der Waals surface area contributed by atoms with Crippen LogP contribution in [-0.2, 0) is 23.9 Å². The maximum atomic E-state index is 12.9. The summed E-state index contributed by atoms with van der Waals surface area (Å²) in [4.78, 5) is 20.4. The van der Waals surface area contributed by atoms with E-state index in [1.54, 1.807) is 0 Å². The van der Waals surface area contributed by atoms with Gasteiger partial charge in [0.15, 0.2) is 0 Å². The number of rotatable bonds is 2. The Hall–Kier alpha value is -2.57. The van der Waals surface area contributed by atoms with Crippen molar-refractivity contribution in [1.29, 1.82) is 0 Å². The summed E-state index contributed by atoms with van der Waals surface area (Å²) in [5, 5.41) is 0. The smallest absolute Gasteiger partial charge is 0.370 e. The van der Waals surface area contributed by atoms with Crippen LogP contribution >= 0.6 is 0 Å². The van der Waals surface area contributed by atoms with E-state index in [0.29, 0.717) is 38.2 Å². The summed E-state index contributed by atoms with van der Waals surface area (Å²) in [7, 11) is 0. The van der Waals surface area contributed by atoms with E-state index in [-0.39, 0.29) is 11.8 Å². The number of anilines is 1. The molecular formula is C21H22F3N3O. The minimum Gasteiger partial charge on any atom is -0.370 e. The Morgan fingerprint density at radius 3 is 2.36 bits per heavy atom. The summed E-state index contributed by atoms with van der Waals surface area (Å²) in [6, 6.07) is 10.7. The van der Waals surface area contributed by atoms with Crippen molar-refractivity contribution in [2.24, 2.45) is 5.92 Å². The fraction of sp³-hybridized carbons (Fsp3) is 0.429. The first-order valence-electron chi connectivity index (χ1n) is 9.55. The molecule has 1 saturated heterocycles. The van der Waals surface area contributed by atoms with Gasteiger partial charge in [-0.05, 0) is 42.5 Å². The van der Waals surface area contributed by atoms with Crippen molar-refractivity contribution >= 4 is 11.6 Å². The van der Waals surface area contributed by atoms with E-state index < -0.39 is 11.9 Å². The van der Waals surface area contributed by atoms with Crippen LogP contribution in [0.2, 0.25) is 0 Å². The molecule has 0 radical (unpaired) electrons. The van der Waals surface area contributed by atoms with Gasteiger partial charge < -0.3 is 9.80 Å². The third kappa shape index (κ3) is 3.84. The lowest BCUT2D eigenvalue weighted by atomic mass is 9.93. The number of hydrogen-bond acceptors (Lipinski definition) is 3. The van der Waals surface area contributed by atoms with Gasteiger partial charge in [0.25, 0.3) is 0 Å². The first kappa shape index (κ1) is 18.8. The van der Waals surface area contributed by atoms with Crippen molar-refractivity contribution in [3.8, 4) is 0 Å². The SMILES string of the molecule is O=C(C1CCN(c2ccc(C(F)(F)F)nc2)CC1)N1CCc2ccccc2C1. The van der Waals surface area contributed by atoms with Crippen molar-refractivity contribution < 1.29 is 18.0 Å². The second-order valence-corrected chi connectivity index (χ2v) is 7.44. The van der Waals surface area contributed by atoms with Gasteiger partial charge in [0.2, 0.25) is 5.91 Å². The molecule has 28 heavy (non-hydrogen) atoms. The van der Waals surface area contributed by atoms with Crippen LogP contribution in [0, 0.1) is 5.92 Å². The van der Waals surface area contributed by atoms with Crippen LogP contribution in [0.4, 0.5) is 18.9 Å². The monoisotopic (exact) mass is 389 g/mol. The molecule has 0 N–H and O–H groups in total. The maximum Gasteiger partial charge on any atom is 0.433 e. The summed E-state index contributed by atoms with van der Waals surface area (Å²) in [5.41, 5.74) is 2.32. The molecule has 2 aliphatic heterocycles. The molecule has 7 heteroatoms. The molecular weight excluding hydrogens is 367 g/mol. The van der Waals surface area contributed by atoms with Crippen molar-refractivity contribution in [1.82, 2.24) is 9.88 Å². The number of benzene rings is 1. The Labute approximate surface area is 162 Å². The molecule has 0 atom stereocenters. The zero-order chi connectivity index (χ0) is 19.7. The molecule has 0 unspecified atom stereocenters. The topological polar surface area (TPSA) is 36.4 Å². The summed E-state index contributed by atoms with van der Waals surface area (Å²) in [6.45, 7) is 2.71. The van der Waals surface area contributed by atoms with Gasteiger partial charge in [-0.3, -0.25) is 4.79 Å². The lowest BCUT2D eigenvalue weighted by molar-refractivity contribution is -0.141. The number of alkyl halides is 3. The summed E-state index contributed by atoms with van der Waals surface area (Å²) in [5.74, 6) is 0.170. The lowest BCUT2D eigenvalue weighted by Crippen LogP contribution is -2.44. The molecule has 1 fully saturated rings. The van der Waals surface area contributed by atoms with Crippen molar-refractivity contribution in [3.05, 3.63) is 59.4 Å². The molecule has 0 bridgehead atoms. The first-order chi connectivity index (χ1) is 13.4. The first-order valence-corrected chi connectivity index (χ1v) is 9.55. The van der Waals surface area contributed by atoms with E-state index in [2.05, 4.69) is 17.1 Å². The van der Waals surface area contributed by atoms with Crippen LogP contribution in [0.1, 0.15) is 29.7 Å². The number of halogens is 3. The van der Waals surface area contributed by atoms with Crippen molar-refractivity contribution in [3.63, 3.8) is 0 Å². The van der Waals surface area contributed by atoms with E-state index in [1.807, 2.05) is 21.9 Å². The van der Waals surface area contributed by atoms with Gasteiger partial charge in [0, 0.05) is 32.1 Å². The van der Waals surface area contributed by atoms with E-state index in [9.17, 15) is 18.0 Å². The highest BCUT2D eigenvalue weighted by atomic mass is 19.4. The molecule has 1 aromatic heterocycles. The fourth-order valence-electron chi connectivity index (χ4n) is 4.07. The molecule has 3 heterocycles. The fourth-order valence-corrected chi connectivity index (χ4v) is 4.07. The Bertz CT molecular complexity index is 843. The van der Waals surface area contributed by atoms with Gasteiger partial charge in [-0.25, -0.2) is 4.98 Å². The standard InChI is InChI=1S/C21H22F3N3O/c22-21(23,24)19-6-5-18(13-25-19)26-10-8-16(9-11-26)20(28)27-12-7-15-3-1-2-4-17(15)14-27/h1-6,13,16H,7-12,14H2. The molecule has 148 valence electrons. The predicted molar refractivity (Wildman–Crippen MR) is 99.7 cm³/mol. The average Bonchev–Trinajstić information content (AvgIpc) is 2.72. The van der Waals surface area contributed by atoms with Gasteiger partial charge in [-0.2, -0.15) is 13.2 Å². The molecule has 2 aliphatic rings. The van der Waals surface area contributed by atoms with Gasteiger partial charge >= 0.3 is 6.18 Å². The number of fused-ring (bicyclic) bond motifs is 1. The molecule has 4 rings (SSSR count). The van der Waals surface area contributed by atoms with Crippen LogP contribution in [-0.4, -0.2) is 35.4 Å². The Morgan fingerprint density at radius 1 is 1.00 bits per heavy atom. The normalized spacial score (nSPS) is 18.1. The minimum atomic E-state index is -4.43. The molecule has 2 aromatic rings. The molecule has 0 spiro atoms. The number of carbonyl (C=O) groups excluding carboxylic acids is 1. The Balaban J connectivity index is 1.35. The minimum absolute atomic E-state index is 0.0241. The third-order valence-electron chi connectivity index (χ3n) is 5.69. The summed E-state index contributed by atoms with van der Waals surface area (Å²) < 4.78 is 38.0. The van der Waals surface area contributed by atoms with E-state index in [0.717, 1.165) is 19.0 Å². The number of amides is 1. The van der Waals surface area contributed by atoms with Crippen molar-refractivity contribution in [2.45, 2.75) is 32.0 Å². The number of aromatic nitrogens is 1. The van der Waals surface area contributed by atoms with Gasteiger partial charge in [-0.15, -0.1) is 0 Å². The number of pyridine rings is 1. The van der Waals surface area contributed by atoms with Crippen LogP contribution in [0.25, 0.3) is 0 Å². The van der Waals surface area contributed by atoms with Crippen LogP contribution in [0.3, 0.4) is 0 Å². The number of hydrogen-bond donors (Lipinski definition) is 0. The Morgan fingerprint density at radius 2 is 1.71 bits per heavy atom. The van der Waals surface area contributed by atoms with Crippen LogP contribution in [0.15, 0.2) is 42.6 Å². The number of piperidine rings is 1. The number of nitrogens with zero attached hydrogens (tertiary/aromatic N) is 3. The molecule has 1 amide bonds. The Kier molecular flexibility index (Phi) is 5.00.